The van der Waals surface area contributed by atoms with Crippen molar-refractivity contribution < 1.29 is 50.1 Å². The van der Waals surface area contributed by atoms with Gasteiger partial charge in [-0.2, -0.15) is 0 Å². The molecule has 69 heavy (non-hydrogen) atoms. The van der Waals surface area contributed by atoms with Gasteiger partial charge in [-0.1, -0.05) is 97.9 Å². The quantitative estimate of drug-likeness (QED) is 0.116. The highest BCUT2D eigenvalue weighted by Crippen LogP contribution is 2.37. The summed E-state index contributed by atoms with van der Waals surface area (Å²) in [5.74, 6) is -4.07. The maximum atomic E-state index is 12.9. The molecule has 0 unspecified atom stereocenters. The van der Waals surface area contributed by atoms with Crippen LogP contribution in [-0.4, -0.2) is 117 Å². The zero-order valence-corrected chi connectivity index (χ0v) is 40.5. The van der Waals surface area contributed by atoms with Gasteiger partial charge in [0.05, 0.1) is 11.1 Å². The van der Waals surface area contributed by atoms with E-state index in [2.05, 4.69) is 80.2 Å². The van der Waals surface area contributed by atoms with Crippen LogP contribution < -0.4 is 10.2 Å². The summed E-state index contributed by atoms with van der Waals surface area (Å²) in [6, 6.07) is 16.3. The number of fused-ring (bicyclic) bond motifs is 2. The molecular formula is C57H76N4O8. The van der Waals surface area contributed by atoms with Crippen LogP contribution in [-0.2, 0) is 6.42 Å². The Morgan fingerprint density at radius 1 is 0.478 bits per heavy atom. The van der Waals surface area contributed by atoms with E-state index in [4.69, 9.17) is 0 Å². The Hall–Kier alpha value is -6.24. The van der Waals surface area contributed by atoms with Gasteiger partial charge in [0.1, 0.15) is 26.2 Å². The number of hydrogen-bond acceptors (Lipinski definition) is 6. The Morgan fingerprint density at radius 2 is 0.812 bits per heavy atom. The lowest BCUT2D eigenvalue weighted by Gasteiger charge is -2.24. The zero-order valence-electron chi connectivity index (χ0n) is 40.5. The van der Waals surface area contributed by atoms with E-state index in [0.717, 1.165) is 0 Å². The number of benzene rings is 4. The molecule has 8 rings (SSSR count). The summed E-state index contributed by atoms with van der Waals surface area (Å²) < 4.78 is 4.92. The van der Waals surface area contributed by atoms with Crippen molar-refractivity contribution in [2.45, 2.75) is 109 Å². The van der Waals surface area contributed by atoms with Gasteiger partial charge in [-0.3, -0.25) is 0 Å². The molecule has 6 N–H and O–H groups in total. The standard InChI is InChI=1S/C23H16O6.2C17H29N2.2H2O/c24-20-16(14-7-3-1-5-12(14)9-18(20)22(26)27)11-17-15-8-4-2-6-13(15)10-19(21(17)25)23(28)29;2*1-2-7-13-18(12-6-1)16-10-5-11-17-19-14-8-3-4-9-15-19;;/h1-10,24-25H,11H2,(H,26,27)(H,28,29);2*5,10-11,16-17H,1-4,6-9,12-15H2;2*1H2/q;2*+1;;/p-2. The number of allylic oxidation sites excluding steroid dienone is 6. The molecule has 0 atom stereocenters. The third-order valence-corrected chi connectivity index (χ3v) is 13.2. The predicted octanol–water partition coefficient (Wildman–Crippen LogP) is 8.66. The molecule has 0 spiro atoms. The van der Waals surface area contributed by atoms with E-state index < -0.39 is 23.4 Å². The SMILES string of the molecule is C(/C=C/C=C/N1CCCCCC1)=[N+]1CCCCCC1.C(/C=C/C=C/N1CCCCCC1)=[N+]1CCCCCC1.O.O.O=C(O)c1cc2ccccc2c(Cc2c([O-])c(C(=O)O)cc3ccccc23)c1[O-]. The van der Waals surface area contributed by atoms with Crippen molar-refractivity contribution in [3.8, 4) is 11.5 Å². The molecule has 372 valence electrons. The Balaban J connectivity index is 0.000000230. The van der Waals surface area contributed by atoms with E-state index in [1.54, 1.807) is 48.5 Å². The Labute approximate surface area is 409 Å². The van der Waals surface area contributed by atoms with E-state index in [9.17, 15) is 30.0 Å². The largest absolute Gasteiger partial charge is 0.872 e. The number of hydrogen-bond donors (Lipinski definition) is 2. The molecule has 0 amide bonds. The molecule has 12 heteroatoms. The first-order chi connectivity index (χ1) is 32.8. The van der Waals surface area contributed by atoms with Crippen molar-refractivity contribution in [3.63, 3.8) is 0 Å². The lowest BCUT2D eigenvalue weighted by molar-refractivity contribution is -0.520. The molecule has 0 aliphatic carbocycles. The van der Waals surface area contributed by atoms with Crippen molar-refractivity contribution in [1.82, 2.24) is 9.80 Å². The fraction of sp³-hybridized carbons (Fsp3) is 0.439. The van der Waals surface area contributed by atoms with E-state index in [-0.39, 0.29) is 39.6 Å². The molecule has 4 heterocycles. The number of carbonyl (C=O) groups is 2. The normalized spacial score (nSPS) is 17.2. The van der Waals surface area contributed by atoms with Crippen LogP contribution in [0.2, 0.25) is 0 Å². The van der Waals surface area contributed by atoms with Crippen LogP contribution >= 0.6 is 0 Å². The molecule has 4 fully saturated rings. The van der Waals surface area contributed by atoms with Crippen molar-refractivity contribution in [2.75, 3.05) is 52.4 Å². The second-order valence-corrected chi connectivity index (χ2v) is 18.2. The minimum absolute atomic E-state index is 0. The van der Waals surface area contributed by atoms with Crippen molar-refractivity contribution in [1.29, 1.82) is 0 Å². The topological polar surface area (TPSA) is 196 Å². The molecule has 12 nitrogen and oxygen atoms in total. The Morgan fingerprint density at radius 3 is 1.16 bits per heavy atom. The van der Waals surface area contributed by atoms with Crippen molar-refractivity contribution in [3.05, 3.63) is 132 Å². The zero-order chi connectivity index (χ0) is 47.1. The summed E-state index contributed by atoms with van der Waals surface area (Å²) in [6.07, 6.45) is 44.1. The summed E-state index contributed by atoms with van der Waals surface area (Å²) in [5.41, 5.74) is -0.453. The highest BCUT2D eigenvalue weighted by atomic mass is 16.4. The first-order valence-electron chi connectivity index (χ1n) is 25.0. The number of carboxylic acids is 2. The summed E-state index contributed by atoms with van der Waals surface area (Å²) >= 11 is 0. The first kappa shape index (κ1) is 55.4. The van der Waals surface area contributed by atoms with E-state index in [0.29, 0.717) is 21.5 Å². The summed E-state index contributed by atoms with van der Waals surface area (Å²) in [5, 5.41) is 46.8. The van der Waals surface area contributed by atoms with Gasteiger partial charge in [0.15, 0.2) is 12.4 Å². The molecule has 4 aromatic carbocycles. The van der Waals surface area contributed by atoms with Crippen LogP contribution in [0.25, 0.3) is 21.5 Å². The average molecular weight is 945 g/mol. The molecule has 0 bridgehead atoms. The Bertz CT molecular complexity index is 2230. The second-order valence-electron chi connectivity index (χ2n) is 18.2. The summed E-state index contributed by atoms with van der Waals surface area (Å²) in [6.45, 7) is 9.89. The van der Waals surface area contributed by atoms with Gasteiger partial charge < -0.3 is 41.2 Å². The van der Waals surface area contributed by atoms with Gasteiger partial charge in [-0.15, -0.1) is 0 Å². The lowest BCUT2D eigenvalue weighted by Crippen LogP contribution is -2.17. The van der Waals surface area contributed by atoms with E-state index >= 15 is 0 Å². The fourth-order valence-corrected chi connectivity index (χ4v) is 9.44. The van der Waals surface area contributed by atoms with Crippen LogP contribution in [0.1, 0.15) is 135 Å². The van der Waals surface area contributed by atoms with Gasteiger partial charge in [-0.05, 0) is 127 Å². The number of likely N-dealkylation sites (tertiary alicyclic amines) is 2. The van der Waals surface area contributed by atoms with Gasteiger partial charge in [0.25, 0.3) is 0 Å². The van der Waals surface area contributed by atoms with Crippen LogP contribution in [0, 0.1) is 0 Å². The molecular weight excluding hydrogens is 869 g/mol. The smallest absolute Gasteiger partial charge is 0.335 e. The maximum Gasteiger partial charge on any atom is 0.335 e. The Kier molecular flexibility index (Phi) is 24.3. The highest BCUT2D eigenvalue weighted by Gasteiger charge is 2.17. The molecule has 4 aromatic rings. The van der Waals surface area contributed by atoms with Crippen LogP contribution in [0.5, 0.6) is 11.5 Å². The molecule has 4 aliphatic heterocycles. The lowest BCUT2D eigenvalue weighted by atomic mass is 9.90. The van der Waals surface area contributed by atoms with Gasteiger partial charge >= 0.3 is 11.9 Å². The fourth-order valence-electron chi connectivity index (χ4n) is 9.44. The maximum absolute atomic E-state index is 12.9. The van der Waals surface area contributed by atoms with Gasteiger partial charge in [0.2, 0.25) is 0 Å². The minimum Gasteiger partial charge on any atom is -0.872 e. The van der Waals surface area contributed by atoms with Crippen LogP contribution in [0.3, 0.4) is 0 Å². The number of nitrogens with zero attached hydrogens (tertiary/aromatic N) is 4. The predicted molar refractivity (Wildman–Crippen MR) is 276 cm³/mol. The number of aromatic carboxylic acids is 2. The minimum atomic E-state index is -1.35. The van der Waals surface area contributed by atoms with Gasteiger partial charge in [-0.25, -0.2) is 18.7 Å². The molecule has 4 aliphatic rings. The monoisotopic (exact) mass is 945 g/mol. The summed E-state index contributed by atoms with van der Waals surface area (Å²) in [4.78, 5) is 28.0. The molecule has 4 saturated heterocycles. The van der Waals surface area contributed by atoms with Gasteiger partial charge in [0, 0.05) is 64.0 Å². The summed E-state index contributed by atoms with van der Waals surface area (Å²) in [7, 11) is 0. The van der Waals surface area contributed by atoms with Crippen molar-refractivity contribution >= 4 is 45.9 Å². The van der Waals surface area contributed by atoms with Crippen LogP contribution in [0.4, 0.5) is 0 Å². The van der Waals surface area contributed by atoms with E-state index in [1.165, 1.54) is 167 Å². The van der Waals surface area contributed by atoms with Crippen LogP contribution in [0.15, 0.2) is 110 Å². The second kappa shape index (κ2) is 30.3. The van der Waals surface area contributed by atoms with Crippen molar-refractivity contribution in [2.24, 2.45) is 0 Å². The third kappa shape index (κ3) is 17.7. The molecule has 0 saturated carbocycles. The third-order valence-electron chi connectivity index (χ3n) is 13.2. The van der Waals surface area contributed by atoms with E-state index in [1.807, 2.05) is 0 Å². The highest BCUT2D eigenvalue weighted by molar-refractivity contribution is 6.02. The average Bonchev–Trinajstić information content (AvgIpc) is 3.96. The molecule has 0 radical (unpaired) electrons. The first-order valence-corrected chi connectivity index (χ1v) is 25.0. The molecule has 0 aromatic heterocycles. The number of carboxylic acid groups (broad SMARTS) is 2. The number of rotatable bonds is 10.